The summed E-state index contributed by atoms with van der Waals surface area (Å²) in [5, 5.41) is 7.46. The van der Waals surface area contributed by atoms with Gasteiger partial charge in [0.2, 0.25) is 0 Å². The van der Waals surface area contributed by atoms with Crippen molar-refractivity contribution >= 4 is 23.0 Å². The summed E-state index contributed by atoms with van der Waals surface area (Å²) in [5.74, 6) is -0.0330. The van der Waals surface area contributed by atoms with Crippen molar-refractivity contribution < 1.29 is 14.1 Å². The van der Waals surface area contributed by atoms with Crippen molar-refractivity contribution in [3.63, 3.8) is 0 Å². The molecule has 2 aromatic heterocycles. The number of amides is 3. The number of piperidine rings is 1. The van der Waals surface area contributed by atoms with Gasteiger partial charge >= 0.3 is 6.03 Å². The monoisotopic (exact) mass is 329 g/mol. The van der Waals surface area contributed by atoms with E-state index in [1.807, 2.05) is 16.7 Å². The van der Waals surface area contributed by atoms with Crippen molar-refractivity contribution in [2.75, 3.05) is 26.2 Å². The Labute approximate surface area is 138 Å². The molecule has 0 bridgehead atoms. The second-order valence-electron chi connectivity index (χ2n) is 6.29. The number of urea groups is 1. The van der Waals surface area contributed by atoms with E-state index in [1.54, 1.807) is 6.07 Å². The van der Waals surface area contributed by atoms with Crippen LogP contribution < -0.4 is 5.32 Å². The first-order chi connectivity index (χ1) is 11.6. The summed E-state index contributed by atoms with van der Waals surface area (Å²) in [7, 11) is 0. The van der Waals surface area contributed by atoms with Crippen LogP contribution in [0.2, 0.25) is 0 Å². The second-order valence-corrected chi connectivity index (χ2v) is 6.29. The molecule has 1 N–H and O–H groups in total. The van der Waals surface area contributed by atoms with Crippen LogP contribution in [0.15, 0.2) is 16.8 Å². The minimum absolute atomic E-state index is 0.0114. The fourth-order valence-electron chi connectivity index (χ4n) is 3.46. The molecule has 0 unspecified atom stereocenters. The van der Waals surface area contributed by atoms with Gasteiger partial charge < -0.3 is 19.6 Å². The van der Waals surface area contributed by atoms with E-state index in [0.29, 0.717) is 30.9 Å². The molecule has 2 fully saturated rings. The van der Waals surface area contributed by atoms with Crippen LogP contribution in [0.3, 0.4) is 0 Å². The van der Waals surface area contributed by atoms with E-state index >= 15 is 0 Å². The highest BCUT2D eigenvalue weighted by molar-refractivity contribution is 5.97. The van der Waals surface area contributed by atoms with E-state index in [-0.39, 0.29) is 18.0 Å². The standard InChI is InChI=1S/C16H19N5O3/c1-10-13-8-11(9-18-14(13)24-19-10)15(22)20-5-2-12(3-6-20)21-7-4-17-16(21)23/h8-9,12H,2-7H2,1H3,(H,17,23). The lowest BCUT2D eigenvalue weighted by Crippen LogP contribution is -2.47. The van der Waals surface area contributed by atoms with Crippen LogP contribution in [0.1, 0.15) is 28.9 Å². The molecule has 8 nitrogen and oxygen atoms in total. The van der Waals surface area contributed by atoms with Gasteiger partial charge in [0.25, 0.3) is 11.6 Å². The van der Waals surface area contributed by atoms with E-state index < -0.39 is 0 Å². The molecule has 0 aromatic carbocycles. The maximum Gasteiger partial charge on any atom is 0.317 e. The first-order valence-electron chi connectivity index (χ1n) is 8.19. The number of aryl methyl sites for hydroxylation is 1. The van der Waals surface area contributed by atoms with Crippen LogP contribution >= 0.6 is 0 Å². The Morgan fingerprint density at radius 1 is 1.33 bits per heavy atom. The molecule has 126 valence electrons. The highest BCUT2D eigenvalue weighted by Gasteiger charge is 2.32. The van der Waals surface area contributed by atoms with E-state index in [1.165, 1.54) is 6.20 Å². The fraction of sp³-hybridized carbons (Fsp3) is 0.500. The summed E-state index contributed by atoms with van der Waals surface area (Å²) < 4.78 is 5.08. The highest BCUT2D eigenvalue weighted by Crippen LogP contribution is 2.22. The van der Waals surface area contributed by atoms with Crippen molar-refractivity contribution in [2.45, 2.75) is 25.8 Å². The summed E-state index contributed by atoms with van der Waals surface area (Å²) in [6.07, 6.45) is 3.15. The van der Waals surface area contributed by atoms with Crippen molar-refractivity contribution in [1.29, 1.82) is 0 Å². The Morgan fingerprint density at radius 2 is 2.12 bits per heavy atom. The van der Waals surface area contributed by atoms with Crippen LogP contribution in [0.25, 0.3) is 11.1 Å². The quantitative estimate of drug-likeness (QED) is 0.893. The third-order valence-electron chi connectivity index (χ3n) is 4.84. The molecule has 24 heavy (non-hydrogen) atoms. The van der Waals surface area contributed by atoms with E-state index in [2.05, 4.69) is 15.5 Å². The number of carbonyl (C=O) groups excluding carboxylic acids is 2. The zero-order valence-electron chi connectivity index (χ0n) is 13.5. The molecule has 2 aromatic rings. The molecule has 2 saturated heterocycles. The number of fused-ring (bicyclic) bond motifs is 1. The number of nitrogens with one attached hydrogen (secondary N) is 1. The van der Waals surface area contributed by atoms with E-state index in [0.717, 1.165) is 30.5 Å². The highest BCUT2D eigenvalue weighted by atomic mass is 16.5. The number of nitrogens with zero attached hydrogens (tertiary/aromatic N) is 4. The number of hydrogen-bond donors (Lipinski definition) is 1. The third kappa shape index (κ3) is 2.47. The summed E-state index contributed by atoms with van der Waals surface area (Å²) in [5.41, 5.74) is 1.72. The van der Waals surface area contributed by atoms with Crippen molar-refractivity contribution in [3.8, 4) is 0 Å². The molecule has 0 atom stereocenters. The first-order valence-corrected chi connectivity index (χ1v) is 8.19. The molecular formula is C16H19N5O3. The van der Waals surface area contributed by atoms with Gasteiger partial charge in [-0.2, -0.15) is 0 Å². The van der Waals surface area contributed by atoms with Crippen molar-refractivity contribution in [2.24, 2.45) is 0 Å². The minimum Gasteiger partial charge on any atom is -0.338 e. The van der Waals surface area contributed by atoms with Gasteiger partial charge in [0.05, 0.1) is 16.6 Å². The summed E-state index contributed by atoms with van der Waals surface area (Å²) in [4.78, 5) is 32.3. The Kier molecular flexibility index (Phi) is 3.59. The molecule has 4 heterocycles. The van der Waals surface area contributed by atoms with Gasteiger partial charge in [-0.15, -0.1) is 0 Å². The molecule has 0 radical (unpaired) electrons. The van der Waals surface area contributed by atoms with Crippen LogP contribution in [-0.2, 0) is 0 Å². The maximum absolute atomic E-state index is 12.7. The maximum atomic E-state index is 12.7. The molecular weight excluding hydrogens is 310 g/mol. The zero-order valence-corrected chi connectivity index (χ0v) is 13.5. The molecule has 0 aliphatic carbocycles. The Balaban J connectivity index is 1.45. The average Bonchev–Trinajstić information content (AvgIpc) is 3.20. The van der Waals surface area contributed by atoms with Gasteiger partial charge in [-0.3, -0.25) is 4.79 Å². The van der Waals surface area contributed by atoms with Crippen molar-refractivity contribution in [1.82, 2.24) is 25.3 Å². The number of rotatable bonds is 2. The van der Waals surface area contributed by atoms with Crippen molar-refractivity contribution in [3.05, 3.63) is 23.5 Å². The van der Waals surface area contributed by atoms with Gasteiger partial charge in [0.15, 0.2) is 0 Å². The molecule has 2 aliphatic rings. The van der Waals surface area contributed by atoms with E-state index in [4.69, 9.17) is 4.52 Å². The fourth-order valence-corrected chi connectivity index (χ4v) is 3.46. The smallest absolute Gasteiger partial charge is 0.317 e. The molecule has 4 rings (SSSR count). The zero-order chi connectivity index (χ0) is 16.7. The summed E-state index contributed by atoms with van der Waals surface area (Å²) in [6, 6.07) is 2.02. The lowest BCUT2D eigenvalue weighted by atomic mass is 10.0. The Bertz CT molecular complexity index is 794. The minimum atomic E-state index is -0.0330. The Hall–Kier alpha value is -2.64. The van der Waals surface area contributed by atoms with Gasteiger partial charge in [-0.05, 0) is 25.8 Å². The predicted molar refractivity (Wildman–Crippen MR) is 85.6 cm³/mol. The number of carbonyl (C=O) groups is 2. The van der Waals surface area contributed by atoms with Gasteiger partial charge in [-0.25, -0.2) is 9.78 Å². The molecule has 2 aliphatic heterocycles. The number of hydrogen-bond acceptors (Lipinski definition) is 5. The predicted octanol–water partition coefficient (Wildman–Crippen LogP) is 1.16. The van der Waals surface area contributed by atoms with Gasteiger partial charge in [0, 0.05) is 38.4 Å². The molecule has 0 spiro atoms. The number of pyridine rings is 1. The average molecular weight is 329 g/mol. The van der Waals surface area contributed by atoms with Crippen LogP contribution in [0.5, 0.6) is 0 Å². The Morgan fingerprint density at radius 3 is 2.83 bits per heavy atom. The largest absolute Gasteiger partial charge is 0.338 e. The second kappa shape index (κ2) is 5.77. The number of likely N-dealkylation sites (tertiary alicyclic amines) is 1. The normalized spacial score (nSPS) is 19.1. The van der Waals surface area contributed by atoms with Crippen LogP contribution in [-0.4, -0.2) is 64.1 Å². The molecule has 3 amide bonds. The lowest BCUT2D eigenvalue weighted by molar-refractivity contribution is 0.0666. The lowest BCUT2D eigenvalue weighted by Gasteiger charge is -2.36. The SMILES string of the molecule is Cc1noc2ncc(C(=O)N3CCC(N4CCNC4=O)CC3)cc12. The summed E-state index contributed by atoms with van der Waals surface area (Å²) in [6.45, 7) is 4.59. The topological polar surface area (TPSA) is 91.6 Å². The first kappa shape index (κ1) is 14.9. The van der Waals surface area contributed by atoms with Crippen LogP contribution in [0.4, 0.5) is 4.79 Å². The molecule has 8 heteroatoms. The number of aromatic nitrogens is 2. The van der Waals surface area contributed by atoms with Gasteiger partial charge in [0.1, 0.15) is 0 Å². The third-order valence-corrected chi connectivity index (χ3v) is 4.84. The molecule has 0 saturated carbocycles. The summed E-state index contributed by atoms with van der Waals surface area (Å²) >= 11 is 0. The van der Waals surface area contributed by atoms with Crippen LogP contribution in [0, 0.1) is 6.92 Å². The van der Waals surface area contributed by atoms with E-state index in [9.17, 15) is 9.59 Å². The van der Waals surface area contributed by atoms with Gasteiger partial charge in [-0.1, -0.05) is 5.16 Å².